The van der Waals surface area contributed by atoms with Crippen LogP contribution in [0, 0.1) is 0 Å². The van der Waals surface area contributed by atoms with Gasteiger partial charge in [0.1, 0.15) is 12.4 Å². The molecule has 0 aromatic heterocycles. The average molecular weight is 256 g/mol. The minimum absolute atomic E-state index is 0.00250. The third kappa shape index (κ3) is 1.73. The lowest BCUT2D eigenvalue weighted by Gasteiger charge is -2.26. The van der Waals surface area contributed by atoms with Crippen molar-refractivity contribution in [2.45, 2.75) is 26.1 Å². The van der Waals surface area contributed by atoms with Crippen molar-refractivity contribution >= 4 is 23.8 Å². The third-order valence-electron chi connectivity index (χ3n) is 3.62. The van der Waals surface area contributed by atoms with E-state index in [9.17, 15) is 4.79 Å². The summed E-state index contributed by atoms with van der Waals surface area (Å²) in [6, 6.07) is 9.60. The lowest BCUT2D eigenvalue weighted by Crippen LogP contribution is -2.43. The number of carbonyl (C=O) groups is 1. The number of hydrogen-bond acceptors (Lipinski definition) is 3. The summed E-state index contributed by atoms with van der Waals surface area (Å²) in [6.45, 7) is 4.57. The van der Waals surface area contributed by atoms with Crippen LogP contribution >= 0.6 is 0 Å². The molecule has 5 nitrogen and oxygen atoms in total. The van der Waals surface area contributed by atoms with Crippen molar-refractivity contribution in [1.29, 1.82) is 0 Å². The standard InChI is InChI=1S/C14H16N4O/c1-3-17-13-12(10(2)15-9-16-13)18(14(17)19)11-7-5-4-6-8-11/h4-9,12-13H,3H2,1-2H3. The molecule has 1 fully saturated rings. The second kappa shape index (κ2) is 4.50. The molecule has 3 rings (SSSR count). The molecule has 2 aliphatic rings. The molecule has 2 atom stereocenters. The van der Waals surface area contributed by atoms with Crippen LogP contribution in [0.2, 0.25) is 0 Å². The molecule has 1 aromatic rings. The SMILES string of the molecule is CCN1C(=O)N(c2ccccc2)C2C(C)=NC=NC21. The van der Waals surface area contributed by atoms with Gasteiger partial charge in [-0.3, -0.25) is 9.80 Å². The number of hydrogen-bond donors (Lipinski definition) is 0. The molecule has 19 heavy (non-hydrogen) atoms. The summed E-state index contributed by atoms with van der Waals surface area (Å²) in [5.74, 6) is 0. The number of likely N-dealkylation sites (N-methyl/N-ethyl adjacent to an activating group) is 1. The van der Waals surface area contributed by atoms with E-state index >= 15 is 0 Å². The van der Waals surface area contributed by atoms with Gasteiger partial charge >= 0.3 is 6.03 Å². The van der Waals surface area contributed by atoms with E-state index in [2.05, 4.69) is 9.98 Å². The zero-order chi connectivity index (χ0) is 13.4. The van der Waals surface area contributed by atoms with Gasteiger partial charge in [-0.25, -0.2) is 14.8 Å². The topological polar surface area (TPSA) is 48.3 Å². The zero-order valence-electron chi connectivity index (χ0n) is 11.0. The zero-order valence-corrected chi connectivity index (χ0v) is 11.0. The molecule has 2 unspecified atom stereocenters. The van der Waals surface area contributed by atoms with Gasteiger partial charge in [-0.1, -0.05) is 18.2 Å². The van der Waals surface area contributed by atoms with Gasteiger partial charge in [0.05, 0.1) is 0 Å². The Balaban J connectivity index is 2.06. The maximum absolute atomic E-state index is 12.6. The first kappa shape index (κ1) is 11.9. The van der Waals surface area contributed by atoms with E-state index in [-0.39, 0.29) is 18.2 Å². The van der Waals surface area contributed by atoms with Gasteiger partial charge in [-0.05, 0) is 26.0 Å². The molecule has 2 heterocycles. The monoisotopic (exact) mass is 256 g/mol. The largest absolute Gasteiger partial charge is 0.327 e. The first-order valence-corrected chi connectivity index (χ1v) is 6.45. The first-order valence-electron chi connectivity index (χ1n) is 6.45. The van der Waals surface area contributed by atoms with Gasteiger partial charge in [0, 0.05) is 17.9 Å². The number of fused-ring (bicyclic) bond motifs is 1. The molecule has 98 valence electrons. The Hall–Kier alpha value is -2.17. The second-order valence-electron chi connectivity index (χ2n) is 4.67. The van der Waals surface area contributed by atoms with Crippen molar-refractivity contribution in [3.8, 4) is 0 Å². The number of amides is 2. The predicted molar refractivity (Wildman–Crippen MR) is 75.9 cm³/mol. The molecule has 0 radical (unpaired) electrons. The van der Waals surface area contributed by atoms with Crippen LogP contribution in [-0.2, 0) is 0 Å². The molecule has 1 saturated heterocycles. The van der Waals surface area contributed by atoms with Crippen LogP contribution in [0.3, 0.4) is 0 Å². The molecular weight excluding hydrogens is 240 g/mol. The Bertz CT molecular complexity index is 552. The summed E-state index contributed by atoms with van der Waals surface area (Å²) in [5, 5.41) is 0. The normalized spacial score (nSPS) is 25.6. The van der Waals surface area contributed by atoms with E-state index in [0.29, 0.717) is 6.54 Å². The van der Waals surface area contributed by atoms with Crippen LogP contribution in [0.4, 0.5) is 10.5 Å². The van der Waals surface area contributed by atoms with Crippen LogP contribution in [0.25, 0.3) is 0 Å². The number of carbonyl (C=O) groups excluding carboxylic acids is 1. The number of aliphatic imine (C=N–C) groups is 2. The van der Waals surface area contributed by atoms with Gasteiger partial charge < -0.3 is 0 Å². The summed E-state index contributed by atoms with van der Waals surface area (Å²) in [5.41, 5.74) is 1.82. The van der Waals surface area contributed by atoms with Crippen molar-refractivity contribution < 1.29 is 4.79 Å². The van der Waals surface area contributed by atoms with E-state index < -0.39 is 0 Å². The fourth-order valence-corrected chi connectivity index (χ4v) is 2.69. The summed E-state index contributed by atoms with van der Waals surface area (Å²) in [7, 11) is 0. The lowest BCUT2D eigenvalue weighted by atomic mass is 10.1. The molecule has 2 aliphatic heterocycles. The summed E-state index contributed by atoms with van der Waals surface area (Å²) in [6.07, 6.45) is 1.40. The van der Waals surface area contributed by atoms with Crippen molar-refractivity contribution in [3.63, 3.8) is 0 Å². The fourth-order valence-electron chi connectivity index (χ4n) is 2.69. The summed E-state index contributed by atoms with van der Waals surface area (Å²) in [4.78, 5) is 24.8. The highest BCUT2D eigenvalue weighted by atomic mass is 16.2. The summed E-state index contributed by atoms with van der Waals surface area (Å²) >= 11 is 0. The van der Waals surface area contributed by atoms with Crippen LogP contribution in [0.15, 0.2) is 40.3 Å². The van der Waals surface area contributed by atoms with E-state index in [1.165, 1.54) is 0 Å². The first-order chi connectivity index (χ1) is 9.24. The number of rotatable bonds is 2. The van der Waals surface area contributed by atoms with E-state index in [4.69, 9.17) is 0 Å². The minimum atomic E-state index is -0.157. The van der Waals surface area contributed by atoms with Crippen molar-refractivity contribution in [3.05, 3.63) is 30.3 Å². The maximum Gasteiger partial charge on any atom is 0.327 e. The highest BCUT2D eigenvalue weighted by Crippen LogP contribution is 2.31. The van der Waals surface area contributed by atoms with E-state index in [0.717, 1.165) is 11.4 Å². The Morgan fingerprint density at radius 2 is 2.00 bits per heavy atom. The number of nitrogens with zero attached hydrogens (tertiary/aromatic N) is 4. The summed E-state index contributed by atoms with van der Waals surface area (Å²) < 4.78 is 0. The molecule has 0 bridgehead atoms. The number of benzene rings is 1. The fraction of sp³-hybridized carbons (Fsp3) is 0.357. The maximum atomic E-state index is 12.6. The Morgan fingerprint density at radius 3 is 2.68 bits per heavy atom. The van der Waals surface area contributed by atoms with Gasteiger partial charge in [-0.15, -0.1) is 0 Å². The molecule has 5 heteroatoms. The van der Waals surface area contributed by atoms with Crippen molar-refractivity contribution in [2.75, 3.05) is 11.4 Å². The van der Waals surface area contributed by atoms with Crippen LogP contribution in [-0.4, -0.2) is 41.7 Å². The van der Waals surface area contributed by atoms with E-state index in [1.807, 2.05) is 44.2 Å². The Labute approximate surface area is 112 Å². The van der Waals surface area contributed by atoms with Crippen LogP contribution in [0.5, 0.6) is 0 Å². The van der Waals surface area contributed by atoms with Gasteiger partial charge in [0.15, 0.2) is 6.17 Å². The quantitative estimate of drug-likeness (QED) is 0.799. The Kier molecular flexibility index (Phi) is 2.81. The molecule has 0 spiro atoms. The number of anilines is 1. The lowest BCUT2D eigenvalue weighted by molar-refractivity contribution is 0.210. The molecular formula is C14H16N4O. The Morgan fingerprint density at radius 1 is 1.26 bits per heavy atom. The van der Waals surface area contributed by atoms with Crippen LogP contribution in [0.1, 0.15) is 13.8 Å². The average Bonchev–Trinajstić information content (AvgIpc) is 2.73. The molecule has 0 N–H and O–H groups in total. The highest BCUT2D eigenvalue weighted by molar-refractivity contribution is 6.08. The highest BCUT2D eigenvalue weighted by Gasteiger charge is 2.47. The smallest absolute Gasteiger partial charge is 0.300 e. The third-order valence-corrected chi connectivity index (χ3v) is 3.62. The van der Waals surface area contributed by atoms with Crippen molar-refractivity contribution in [1.82, 2.24) is 4.90 Å². The number of urea groups is 1. The van der Waals surface area contributed by atoms with E-state index in [1.54, 1.807) is 16.1 Å². The predicted octanol–water partition coefficient (Wildman–Crippen LogP) is 2.15. The molecule has 1 aromatic carbocycles. The van der Waals surface area contributed by atoms with Gasteiger partial charge in [0.25, 0.3) is 0 Å². The van der Waals surface area contributed by atoms with Gasteiger partial charge in [0.2, 0.25) is 0 Å². The van der Waals surface area contributed by atoms with Gasteiger partial charge in [-0.2, -0.15) is 0 Å². The molecule has 0 saturated carbocycles. The number of para-hydroxylation sites is 1. The van der Waals surface area contributed by atoms with Crippen LogP contribution < -0.4 is 4.90 Å². The molecule has 2 amide bonds. The second-order valence-corrected chi connectivity index (χ2v) is 4.67. The minimum Gasteiger partial charge on any atom is -0.300 e. The molecule has 0 aliphatic carbocycles. The van der Waals surface area contributed by atoms with Crippen molar-refractivity contribution in [2.24, 2.45) is 9.98 Å².